The molecule has 0 atom stereocenters. The minimum atomic E-state index is -0.444. The van der Waals surface area contributed by atoms with Crippen molar-refractivity contribution >= 4 is 11.5 Å². The van der Waals surface area contributed by atoms with Gasteiger partial charge in [0.1, 0.15) is 5.82 Å². The summed E-state index contributed by atoms with van der Waals surface area (Å²) in [5.41, 5.74) is 0.399. The van der Waals surface area contributed by atoms with Crippen LogP contribution in [0.1, 0.15) is 63.1 Å². The van der Waals surface area contributed by atoms with E-state index in [1.165, 1.54) is 25.7 Å². The Labute approximate surface area is 160 Å². The molecular weight excluding hydrogens is 340 g/mol. The van der Waals surface area contributed by atoms with Gasteiger partial charge in [0.2, 0.25) is 0 Å². The summed E-state index contributed by atoms with van der Waals surface area (Å²) >= 11 is 0. The molecule has 5 rings (SSSR count). The molecule has 0 amide bonds. The molecule has 146 valence electrons. The number of aliphatic hydroxyl groups is 1. The van der Waals surface area contributed by atoms with Crippen LogP contribution in [0.15, 0.2) is 12.1 Å². The molecule has 2 aromatic rings. The van der Waals surface area contributed by atoms with Crippen molar-refractivity contribution < 1.29 is 5.11 Å². The molecule has 2 saturated heterocycles. The smallest absolute Gasteiger partial charge is 0.178 e. The molecule has 7 nitrogen and oxygen atoms in total. The second-order valence-corrected chi connectivity index (χ2v) is 8.70. The zero-order chi connectivity index (χ0) is 18.3. The van der Waals surface area contributed by atoms with E-state index in [4.69, 9.17) is 5.10 Å². The minimum Gasteiger partial charge on any atom is -0.389 e. The number of rotatable bonds is 4. The number of β-amino-alcohol motifs (C(OH)–C–C–N with tert-alkyl or cyclic N) is 1. The maximum absolute atomic E-state index is 10.7. The molecule has 0 radical (unpaired) electrons. The summed E-state index contributed by atoms with van der Waals surface area (Å²) in [4.78, 5) is 4.79. The standard InChI is InChI=1S/C20H30N6O/c27-20(9-1-2-10-20)15-24-13-7-16(8-14-24)19-22-21-17-5-6-18(23-26(17)19)25-11-3-4-12-25/h5-6,16,27H,1-4,7-15H2. The van der Waals surface area contributed by atoms with Crippen LogP contribution in [0, 0.1) is 0 Å². The van der Waals surface area contributed by atoms with Crippen LogP contribution in [0.3, 0.4) is 0 Å². The molecule has 0 spiro atoms. The van der Waals surface area contributed by atoms with Crippen LogP contribution in [0.5, 0.6) is 0 Å². The zero-order valence-electron chi connectivity index (χ0n) is 16.1. The highest BCUT2D eigenvalue weighted by molar-refractivity contribution is 5.46. The van der Waals surface area contributed by atoms with Crippen molar-refractivity contribution in [2.45, 2.75) is 62.9 Å². The number of aromatic nitrogens is 4. The van der Waals surface area contributed by atoms with Crippen molar-refractivity contribution in [3.8, 4) is 0 Å². The van der Waals surface area contributed by atoms with Gasteiger partial charge in [-0.3, -0.25) is 0 Å². The number of hydrogen-bond donors (Lipinski definition) is 1. The Morgan fingerprint density at radius 2 is 1.70 bits per heavy atom. The van der Waals surface area contributed by atoms with E-state index >= 15 is 0 Å². The van der Waals surface area contributed by atoms with Crippen molar-refractivity contribution in [2.24, 2.45) is 0 Å². The molecule has 2 aliphatic heterocycles. The molecule has 1 N–H and O–H groups in total. The van der Waals surface area contributed by atoms with Gasteiger partial charge in [-0.05, 0) is 63.7 Å². The Hall–Kier alpha value is -1.73. The van der Waals surface area contributed by atoms with Gasteiger partial charge in [0.25, 0.3) is 0 Å². The molecule has 7 heteroatoms. The van der Waals surface area contributed by atoms with Crippen molar-refractivity contribution in [1.82, 2.24) is 24.7 Å². The van der Waals surface area contributed by atoms with E-state index in [-0.39, 0.29) is 0 Å². The lowest BCUT2D eigenvalue weighted by atomic mass is 9.94. The summed E-state index contributed by atoms with van der Waals surface area (Å²) in [5.74, 6) is 2.45. The lowest BCUT2D eigenvalue weighted by Crippen LogP contribution is -2.44. The summed E-state index contributed by atoms with van der Waals surface area (Å²) in [6, 6.07) is 4.12. The zero-order valence-corrected chi connectivity index (χ0v) is 16.1. The molecule has 27 heavy (non-hydrogen) atoms. The topological polar surface area (TPSA) is 69.8 Å². The number of hydrogen-bond acceptors (Lipinski definition) is 6. The van der Waals surface area contributed by atoms with Crippen LogP contribution < -0.4 is 4.90 Å². The number of piperidine rings is 1. The maximum Gasteiger partial charge on any atom is 0.178 e. The Balaban J connectivity index is 1.29. The van der Waals surface area contributed by atoms with Gasteiger partial charge in [0.05, 0.1) is 5.60 Å². The van der Waals surface area contributed by atoms with Crippen molar-refractivity contribution in [3.63, 3.8) is 0 Å². The number of anilines is 1. The van der Waals surface area contributed by atoms with E-state index in [1.807, 2.05) is 10.6 Å². The van der Waals surface area contributed by atoms with Crippen molar-refractivity contribution in [1.29, 1.82) is 0 Å². The summed E-state index contributed by atoms with van der Waals surface area (Å²) in [7, 11) is 0. The van der Waals surface area contributed by atoms with Gasteiger partial charge in [-0.1, -0.05) is 12.8 Å². The van der Waals surface area contributed by atoms with Crippen LogP contribution in [0.2, 0.25) is 0 Å². The molecule has 0 aromatic carbocycles. The number of nitrogens with zero attached hydrogens (tertiary/aromatic N) is 6. The summed E-state index contributed by atoms with van der Waals surface area (Å²) in [6.45, 7) is 5.06. The molecule has 0 unspecified atom stereocenters. The fourth-order valence-corrected chi connectivity index (χ4v) is 5.12. The number of fused-ring (bicyclic) bond motifs is 1. The van der Waals surface area contributed by atoms with E-state index in [9.17, 15) is 5.11 Å². The highest BCUT2D eigenvalue weighted by Crippen LogP contribution is 2.33. The summed E-state index contributed by atoms with van der Waals surface area (Å²) in [5, 5.41) is 24.4. The first-order chi connectivity index (χ1) is 13.2. The molecule has 0 bridgehead atoms. The van der Waals surface area contributed by atoms with E-state index in [2.05, 4.69) is 26.1 Å². The lowest BCUT2D eigenvalue weighted by molar-refractivity contribution is 0.00273. The first-order valence-corrected chi connectivity index (χ1v) is 10.6. The van der Waals surface area contributed by atoms with E-state index in [0.717, 1.165) is 75.7 Å². The van der Waals surface area contributed by atoms with Gasteiger partial charge in [-0.2, -0.15) is 4.52 Å². The van der Waals surface area contributed by atoms with Gasteiger partial charge in [0, 0.05) is 25.6 Å². The van der Waals surface area contributed by atoms with Crippen LogP contribution in [-0.4, -0.2) is 68.1 Å². The van der Waals surface area contributed by atoms with Crippen LogP contribution in [0.4, 0.5) is 5.82 Å². The second-order valence-electron chi connectivity index (χ2n) is 8.70. The van der Waals surface area contributed by atoms with Gasteiger partial charge in [0.15, 0.2) is 11.5 Å². The highest BCUT2D eigenvalue weighted by Gasteiger charge is 2.35. The van der Waals surface area contributed by atoms with Crippen molar-refractivity contribution in [3.05, 3.63) is 18.0 Å². The first kappa shape index (κ1) is 17.4. The fourth-order valence-electron chi connectivity index (χ4n) is 5.12. The number of likely N-dealkylation sites (tertiary alicyclic amines) is 1. The summed E-state index contributed by atoms with van der Waals surface area (Å²) < 4.78 is 1.97. The molecule has 1 saturated carbocycles. The molecule has 1 aliphatic carbocycles. The quantitative estimate of drug-likeness (QED) is 0.890. The SMILES string of the molecule is OC1(CN2CCC(c3nnc4ccc(N5CCCC5)nn34)CC2)CCCC1. The fraction of sp³-hybridized carbons (Fsp3) is 0.750. The predicted octanol–water partition coefficient (Wildman–Crippen LogP) is 2.21. The normalized spacial score (nSPS) is 24.3. The Morgan fingerprint density at radius 1 is 0.963 bits per heavy atom. The molecule has 2 aromatic heterocycles. The van der Waals surface area contributed by atoms with E-state index < -0.39 is 5.60 Å². The third-order valence-corrected chi connectivity index (χ3v) is 6.71. The molecule has 3 aliphatic rings. The third kappa shape index (κ3) is 3.43. The molecular formula is C20H30N6O. The average molecular weight is 371 g/mol. The van der Waals surface area contributed by atoms with Gasteiger partial charge in [-0.25, -0.2) is 0 Å². The molecule has 3 fully saturated rings. The predicted molar refractivity (Wildman–Crippen MR) is 104 cm³/mol. The first-order valence-electron chi connectivity index (χ1n) is 10.6. The largest absolute Gasteiger partial charge is 0.389 e. The maximum atomic E-state index is 10.7. The third-order valence-electron chi connectivity index (χ3n) is 6.71. The van der Waals surface area contributed by atoms with E-state index in [0.29, 0.717) is 5.92 Å². The van der Waals surface area contributed by atoms with E-state index in [1.54, 1.807) is 0 Å². The van der Waals surface area contributed by atoms with Crippen LogP contribution in [0.25, 0.3) is 5.65 Å². The van der Waals surface area contributed by atoms with Crippen LogP contribution >= 0.6 is 0 Å². The van der Waals surface area contributed by atoms with Crippen molar-refractivity contribution in [2.75, 3.05) is 37.6 Å². The second kappa shape index (κ2) is 7.02. The average Bonchev–Trinajstić information content (AvgIpc) is 3.42. The Kier molecular flexibility index (Phi) is 4.52. The Morgan fingerprint density at radius 3 is 2.44 bits per heavy atom. The minimum absolute atomic E-state index is 0.399. The monoisotopic (exact) mass is 370 g/mol. The van der Waals surface area contributed by atoms with Gasteiger partial charge >= 0.3 is 0 Å². The van der Waals surface area contributed by atoms with Crippen LogP contribution in [-0.2, 0) is 0 Å². The summed E-state index contributed by atoms with van der Waals surface area (Å²) in [6.07, 6.45) is 8.89. The lowest BCUT2D eigenvalue weighted by Gasteiger charge is -2.36. The van der Waals surface area contributed by atoms with Gasteiger partial charge < -0.3 is 14.9 Å². The molecule has 4 heterocycles. The highest BCUT2D eigenvalue weighted by atomic mass is 16.3. The Bertz CT molecular complexity index is 785. The van der Waals surface area contributed by atoms with Gasteiger partial charge in [-0.15, -0.1) is 15.3 Å².